The van der Waals surface area contributed by atoms with Crippen molar-refractivity contribution in [2.75, 3.05) is 24.5 Å². The average molecular weight is 304 g/mol. The molecule has 124 valence electrons. The van der Waals surface area contributed by atoms with E-state index in [9.17, 15) is 4.79 Å². The molecule has 0 unspecified atom stereocenters. The summed E-state index contributed by atoms with van der Waals surface area (Å²) in [5, 5.41) is 0. The van der Waals surface area contributed by atoms with E-state index >= 15 is 0 Å². The summed E-state index contributed by atoms with van der Waals surface area (Å²) < 4.78 is 0. The van der Waals surface area contributed by atoms with E-state index in [-0.39, 0.29) is 6.03 Å². The molecular weight excluding hydrogens is 272 g/mol. The Bertz CT molecular complexity index is 397. The molecule has 0 bridgehead atoms. The molecule has 0 aliphatic carbocycles. The number of amides is 2. The van der Waals surface area contributed by atoms with Crippen LogP contribution < -0.4 is 4.90 Å². The summed E-state index contributed by atoms with van der Waals surface area (Å²) in [7, 11) is 0. The highest BCUT2D eigenvalue weighted by Gasteiger charge is 2.21. The van der Waals surface area contributed by atoms with E-state index in [0.717, 1.165) is 63.8 Å². The van der Waals surface area contributed by atoms with Crippen LogP contribution >= 0.6 is 0 Å². The van der Waals surface area contributed by atoms with Crippen LogP contribution in [0.15, 0.2) is 30.3 Å². The van der Waals surface area contributed by atoms with Crippen LogP contribution in [0.3, 0.4) is 0 Å². The first kappa shape index (κ1) is 18.5. The second kappa shape index (κ2) is 11.1. The van der Waals surface area contributed by atoms with Crippen molar-refractivity contribution in [1.82, 2.24) is 4.90 Å². The number of rotatable bonds is 10. The van der Waals surface area contributed by atoms with E-state index in [1.165, 1.54) is 0 Å². The Labute approximate surface area is 136 Å². The summed E-state index contributed by atoms with van der Waals surface area (Å²) in [5.74, 6) is 0. The lowest BCUT2D eigenvalue weighted by Gasteiger charge is -2.31. The monoisotopic (exact) mass is 304 g/mol. The van der Waals surface area contributed by atoms with Crippen LogP contribution in [0.2, 0.25) is 0 Å². The molecule has 2 amide bonds. The molecule has 0 atom stereocenters. The van der Waals surface area contributed by atoms with E-state index in [2.05, 4.69) is 20.8 Å². The highest BCUT2D eigenvalue weighted by atomic mass is 16.2. The van der Waals surface area contributed by atoms with Crippen molar-refractivity contribution < 1.29 is 4.79 Å². The van der Waals surface area contributed by atoms with Crippen molar-refractivity contribution >= 4 is 11.7 Å². The van der Waals surface area contributed by atoms with Gasteiger partial charge in [0.15, 0.2) is 0 Å². The third-order valence-corrected chi connectivity index (χ3v) is 3.87. The Morgan fingerprint density at radius 1 is 0.818 bits per heavy atom. The van der Waals surface area contributed by atoms with Gasteiger partial charge >= 0.3 is 6.03 Å². The van der Waals surface area contributed by atoms with E-state index in [1.54, 1.807) is 0 Å². The molecule has 0 fully saturated rings. The number of carbonyl (C=O) groups is 1. The Morgan fingerprint density at radius 3 is 1.82 bits per heavy atom. The smallest absolute Gasteiger partial charge is 0.324 e. The number of benzene rings is 1. The average Bonchev–Trinajstić information content (AvgIpc) is 2.56. The predicted octanol–water partition coefficient (Wildman–Crippen LogP) is 5.32. The van der Waals surface area contributed by atoms with Gasteiger partial charge in [-0.3, -0.25) is 4.90 Å². The summed E-state index contributed by atoms with van der Waals surface area (Å²) in [6.07, 6.45) is 6.53. The van der Waals surface area contributed by atoms with Gasteiger partial charge in [0.25, 0.3) is 0 Å². The van der Waals surface area contributed by atoms with Gasteiger partial charge < -0.3 is 4.90 Å². The first-order valence-corrected chi connectivity index (χ1v) is 8.86. The first-order chi connectivity index (χ1) is 10.7. The predicted molar refractivity (Wildman–Crippen MR) is 95.5 cm³/mol. The minimum absolute atomic E-state index is 0.168. The van der Waals surface area contributed by atoms with E-state index in [4.69, 9.17) is 0 Å². The molecule has 0 radical (unpaired) electrons. The molecule has 0 heterocycles. The zero-order valence-electron chi connectivity index (χ0n) is 14.6. The Kier molecular flexibility index (Phi) is 9.36. The van der Waals surface area contributed by atoms with Gasteiger partial charge in [0.2, 0.25) is 0 Å². The largest absolute Gasteiger partial charge is 0.324 e. The fourth-order valence-corrected chi connectivity index (χ4v) is 2.43. The topological polar surface area (TPSA) is 23.6 Å². The van der Waals surface area contributed by atoms with Crippen molar-refractivity contribution in [3.63, 3.8) is 0 Å². The van der Waals surface area contributed by atoms with Crippen molar-refractivity contribution in [2.24, 2.45) is 0 Å². The molecule has 0 spiro atoms. The minimum atomic E-state index is 0.168. The molecule has 0 aliphatic rings. The van der Waals surface area contributed by atoms with Gasteiger partial charge in [-0.25, -0.2) is 4.79 Å². The summed E-state index contributed by atoms with van der Waals surface area (Å²) in [4.78, 5) is 17.0. The molecular formula is C19H32N2O. The second-order valence-corrected chi connectivity index (χ2v) is 5.82. The quantitative estimate of drug-likeness (QED) is 0.574. The van der Waals surface area contributed by atoms with Crippen molar-refractivity contribution in [2.45, 2.75) is 59.3 Å². The number of urea groups is 1. The molecule has 1 aromatic carbocycles. The molecule has 1 rings (SSSR count). The Morgan fingerprint density at radius 2 is 1.32 bits per heavy atom. The summed E-state index contributed by atoms with van der Waals surface area (Å²) in [5.41, 5.74) is 1.01. The number of nitrogens with zero attached hydrogens (tertiary/aromatic N) is 2. The van der Waals surface area contributed by atoms with E-state index in [1.807, 2.05) is 40.1 Å². The summed E-state index contributed by atoms with van der Waals surface area (Å²) >= 11 is 0. The Balaban J connectivity index is 2.86. The number of unbranched alkanes of at least 4 members (excludes halogenated alkanes) is 3. The van der Waals surface area contributed by atoms with Gasteiger partial charge in [0, 0.05) is 25.3 Å². The highest BCUT2D eigenvalue weighted by molar-refractivity contribution is 5.92. The van der Waals surface area contributed by atoms with Crippen molar-refractivity contribution in [3.8, 4) is 0 Å². The zero-order chi connectivity index (χ0) is 16.2. The minimum Gasteiger partial charge on any atom is -0.324 e. The normalized spacial score (nSPS) is 10.5. The second-order valence-electron chi connectivity index (χ2n) is 5.82. The van der Waals surface area contributed by atoms with Crippen LogP contribution in [0.5, 0.6) is 0 Å². The van der Waals surface area contributed by atoms with E-state index < -0.39 is 0 Å². The fraction of sp³-hybridized carbons (Fsp3) is 0.632. The maximum atomic E-state index is 13.0. The van der Waals surface area contributed by atoms with Crippen LogP contribution in [-0.2, 0) is 0 Å². The van der Waals surface area contributed by atoms with Crippen molar-refractivity contribution in [3.05, 3.63) is 30.3 Å². The maximum absolute atomic E-state index is 13.0. The summed E-state index contributed by atoms with van der Waals surface area (Å²) in [6, 6.07) is 10.2. The molecule has 3 nitrogen and oxygen atoms in total. The van der Waals surface area contributed by atoms with Gasteiger partial charge in [-0.2, -0.15) is 0 Å². The fourth-order valence-electron chi connectivity index (χ4n) is 2.43. The third kappa shape index (κ3) is 6.08. The molecule has 22 heavy (non-hydrogen) atoms. The molecule has 0 aliphatic heterocycles. The lowest BCUT2D eigenvalue weighted by Crippen LogP contribution is -2.44. The number of hydrogen-bond acceptors (Lipinski definition) is 1. The lowest BCUT2D eigenvalue weighted by atomic mass is 10.2. The van der Waals surface area contributed by atoms with Crippen LogP contribution in [0.25, 0.3) is 0 Å². The van der Waals surface area contributed by atoms with E-state index in [0.29, 0.717) is 0 Å². The van der Waals surface area contributed by atoms with Gasteiger partial charge in [-0.05, 0) is 31.4 Å². The highest BCUT2D eigenvalue weighted by Crippen LogP contribution is 2.17. The summed E-state index contributed by atoms with van der Waals surface area (Å²) in [6.45, 7) is 9.05. The van der Waals surface area contributed by atoms with Gasteiger partial charge in [0.1, 0.15) is 0 Å². The zero-order valence-corrected chi connectivity index (χ0v) is 14.6. The molecule has 0 saturated carbocycles. The van der Waals surface area contributed by atoms with Crippen LogP contribution in [0.4, 0.5) is 10.5 Å². The Hall–Kier alpha value is -1.51. The number of hydrogen-bond donors (Lipinski definition) is 0. The van der Waals surface area contributed by atoms with Gasteiger partial charge in [0.05, 0.1) is 0 Å². The standard InChI is InChI=1S/C19H32N2O/c1-4-7-15-20(16-8-5-2)19(22)21(17-9-6-3)18-13-11-10-12-14-18/h10-14H,4-9,15-17H2,1-3H3. The van der Waals surface area contributed by atoms with Gasteiger partial charge in [-0.1, -0.05) is 58.2 Å². The van der Waals surface area contributed by atoms with Crippen LogP contribution in [0, 0.1) is 0 Å². The first-order valence-electron chi connectivity index (χ1n) is 8.86. The SMILES string of the molecule is CCCCN(CCCC)C(=O)N(CCCC)c1ccccc1. The molecule has 0 saturated heterocycles. The number of para-hydroxylation sites is 1. The van der Waals surface area contributed by atoms with Crippen molar-refractivity contribution in [1.29, 1.82) is 0 Å². The molecule has 0 N–H and O–H groups in total. The van der Waals surface area contributed by atoms with Crippen LogP contribution in [0.1, 0.15) is 59.3 Å². The van der Waals surface area contributed by atoms with Gasteiger partial charge in [-0.15, -0.1) is 0 Å². The molecule has 1 aromatic rings. The van der Waals surface area contributed by atoms with Crippen LogP contribution in [-0.4, -0.2) is 30.6 Å². The number of carbonyl (C=O) groups excluding carboxylic acids is 1. The molecule has 3 heteroatoms. The molecule has 0 aromatic heterocycles. The lowest BCUT2D eigenvalue weighted by molar-refractivity contribution is 0.202. The number of anilines is 1. The third-order valence-electron chi connectivity index (χ3n) is 3.87. The maximum Gasteiger partial charge on any atom is 0.324 e.